The summed E-state index contributed by atoms with van der Waals surface area (Å²) in [5.74, 6) is 0. The number of nitrogens with zero attached hydrogens (tertiary/aromatic N) is 1. The lowest BCUT2D eigenvalue weighted by atomic mass is 10.0. The standard InChI is InChI=1S/C19H25N/c1-4-16(2)20(15-18-11-7-5-8-12-18)17(3)19-13-9-6-10-14-19/h5-14,16-17H,4,15H2,1-3H3/t16-,17+/m1/s1. The van der Waals surface area contributed by atoms with Crippen molar-refractivity contribution in [2.24, 2.45) is 0 Å². The summed E-state index contributed by atoms with van der Waals surface area (Å²) in [6, 6.07) is 22.6. The fourth-order valence-electron chi connectivity index (χ4n) is 2.63. The van der Waals surface area contributed by atoms with Crippen molar-refractivity contribution in [3.63, 3.8) is 0 Å². The third kappa shape index (κ3) is 3.71. The molecule has 0 N–H and O–H groups in total. The summed E-state index contributed by atoms with van der Waals surface area (Å²) in [6.07, 6.45) is 1.17. The minimum Gasteiger partial charge on any atom is -0.290 e. The van der Waals surface area contributed by atoms with Gasteiger partial charge in [0, 0.05) is 18.6 Å². The summed E-state index contributed by atoms with van der Waals surface area (Å²) in [6.45, 7) is 7.90. The van der Waals surface area contributed by atoms with Crippen LogP contribution in [0.2, 0.25) is 0 Å². The summed E-state index contributed by atoms with van der Waals surface area (Å²) in [5.41, 5.74) is 2.78. The Labute approximate surface area is 123 Å². The molecule has 0 aliphatic heterocycles. The van der Waals surface area contributed by atoms with E-state index in [1.54, 1.807) is 0 Å². The van der Waals surface area contributed by atoms with Crippen LogP contribution < -0.4 is 0 Å². The lowest BCUT2D eigenvalue weighted by molar-refractivity contribution is 0.141. The number of hydrogen-bond acceptors (Lipinski definition) is 1. The summed E-state index contributed by atoms with van der Waals surface area (Å²) >= 11 is 0. The first-order valence-electron chi connectivity index (χ1n) is 7.57. The third-order valence-corrected chi connectivity index (χ3v) is 4.14. The molecule has 0 radical (unpaired) electrons. The van der Waals surface area contributed by atoms with Crippen LogP contribution in [0.25, 0.3) is 0 Å². The van der Waals surface area contributed by atoms with Gasteiger partial charge in [-0.2, -0.15) is 0 Å². The smallest absolute Gasteiger partial charge is 0.0326 e. The first-order valence-corrected chi connectivity index (χ1v) is 7.57. The van der Waals surface area contributed by atoms with Crippen LogP contribution in [0.15, 0.2) is 60.7 Å². The van der Waals surface area contributed by atoms with Crippen molar-refractivity contribution >= 4 is 0 Å². The molecule has 0 heterocycles. The van der Waals surface area contributed by atoms with Gasteiger partial charge in [0.05, 0.1) is 0 Å². The van der Waals surface area contributed by atoms with Crippen LogP contribution in [0.1, 0.15) is 44.4 Å². The molecule has 106 valence electrons. The van der Waals surface area contributed by atoms with E-state index in [4.69, 9.17) is 0 Å². The predicted octanol–water partition coefficient (Wildman–Crippen LogP) is 5.05. The van der Waals surface area contributed by atoms with Crippen molar-refractivity contribution in [1.29, 1.82) is 0 Å². The second-order valence-corrected chi connectivity index (χ2v) is 5.50. The fraction of sp³-hybridized carbons (Fsp3) is 0.368. The van der Waals surface area contributed by atoms with Crippen molar-refractivity contribution in [3.8, 4) is 0 Å². The van der Waals surface area contributed by atoms with Crippen LogP contribution in [0.5, 0.6) is 0 Å². The van der Waals surface area contributed by atoms with Crippen LogP contribution >= 0.6 is 0 Å². The van der Waals surface area contributed by atoms with Crippen LogP contribution in [0, 0.1) is 0 Å². The SMILES string of the molecule is CC[C@@H](C)N(Cc1ccccc1)[C@@H](C)c1ccccc1. The van der Waals surface area contributed by atoms with Crippen molar-refractivity contribution in [2.45, 2.75) is 45.8 Å². The molecule has 0 amide bonds. The Balaban J connectivity index is 2.19. The maximum atomic E-state index is 2.59. The monoisotopic (exact) mass is 267 g/mol. The van der Waals surface area contributed by atoms with Crippen LogP contribution in [0.4, 0.5) is 0 Å². The van der Waals surface area contributed by atoms with Gasteiger partial charge in [0.1, 0.15) is 0 Å². The molecule has 1 nitrogen and oxygen atoms in total. The van der Waals surface area contributed by atoms with E-state index in [2.05, 4.69) is 86.3 Å². The maximum absolute atomic E-state index is 2.59. The molecule has 0 spiro atoms. The molecule has 0 aliphatic carbocycles. The molecule has 2 aromatic carbocycles. The minimum atomic E-state index is 0.436. The zero-order valence-electron chi connectivity index (χ0n) is 12.8. The molecule has 0 aliphatic rings. The molecule has 2 rings (SSSR count). The molecule has 20 heavy (non-hydrogen) atoms. The zero-order valence-corrected chi connectivity index (χ0v) is 12.8. The molecule has 0 saturated heterocycles. The van der Waals surface area contributed by atoms with Gasteiger partial charge < -0.3 is 0 Å². The molecule has 1 heteroatoms. The molecule has 2 aromatic rings. The lowest BCUT2D eigenvalue weighted by Crippen LogP contribution is -2.34. The average molecular weight is 267 g/mol. The molecule has 2 atom stereocenters. The van der Waals surface area contributed by atoms with Crippen molar-refractivity contribution in [1.82, 2.24) is 4.90 Å². The highest BCUT2D eigenvalue weighted by Crippen LogP contribution is 2.25. The highest BCUT2D eigenvalue weighted by molar-refractivity contribution is 5.20. The number of hydrogen-bond donors (Lipinski definition) is 0. The van der Waals surface area contributed by atoms with Gasteiger partial charge in [-0.1, -0.05) is 67.6 Å². The lowest BCUT2D eigenvalue weighted by Gasteiger charge is -2.34. The second kappa shape index (κ2) is 7.25. The highest BCUT2D eigenvalue weighted by Gasteiger charge is 2.20. The number of benzene rings is 2. The van der Waals surface area contributed by atoms with E-state index >= 15 is 0 Å². The van der Waals surface area contributed by atoms with Gasteiger partial charge in [0.25, 0.3) is 0 Å². The zero-order chi connectivity index (χ0) is 14.4. The summed E-state index contributed by atoms with van der Waals surface area (Å²) in [4.78, 5) is 2.59. The van der Waals surface area contributed by atoms with E-state index in [0.717, 1.165) is 6.54 Å². The van der Waals surface area contributed by atoms with Crippen LogP contribution in [-0.2, 0) is 6.54 Å². The van der Waals surface area contributed by atoms with E-state index in [9.17, 15) is 0 Å². The van der Waals surface area contributed by atoms with Crippen molar-refractivity contribution in [2.75, 3.05) is 0 Å². The van der Waals surface area contributed by atoms with Gasteiger partial charge in [0.2, 0.25) is 0 Å². The quantitative estimate of drug-likeness (QED) is 0.708. The van der Waals surface area contributed by atoms with E-state index in [1.165, 1.54) is 17.5 Å². The van der Waals surface area contributed by atoms with Crippen LogP contribution in [-0.4, -0.2) is 10.9 Å². The van der Waals surface area contributed by atoms with Gasteiger partial charge >= 0.3 is 0 Å². The van der Waals surface area contributed by atoms with E-state index in [0.29, 0.717) is 12.1 Å². The minimum absolute atomic E-state index is 0.436. The molecule has 0 aromatic heterocycles. The molecule has 0 fully saturated rings. The van der Waals surface area contributed by atoms with Gasteiger partial charge in [-0.15, -0.1) is 0 Å². The highest BCUT2D eigenvalue weighted by atomic mass is 15.2. The Kier molecular flexibility index (Phi) is 5.37. The predicted molar refractivity (Wildman–Crippen MR) is 86.6 cm³/mol. The molecular weight excluding hydrogens is 242 g/mol. The van der Waals surface area contributed by atoms with Gasteiger partial charge in [-0.3, -0.25) is 4.90 Å². The fourth-order valence-corrected chi connectivity index (χ4v) is 2.63. The molecule has 0 saturated carbocycles. The topological polar surface area (TPSA) is 3.24 Å². The largest absolute Gasteiger partial charge is 0.290 e. The van der Waals surface area contributed by atoms with E-state index in [1.807, 2.05) is 0 Å². The third-order valence-electron chi connectivity index (χ3n) is 4.14. The van der Waals surface area contributed by atoms with Crippen molar-refractivity contribution < 1.29 is 0 Å². The maximum Gasteiger partial charge on any atom is 0.0326 e. The Hall–Kier alpha value is -1.60. The van der Waals surface area contributed by atoms with E-state index in [-0.39, 0.29) is 0 Å². The summed E-state index contributed by atoms with van der Waals surface area (Å²) < 4.78 is 0. The Morgan fingerprint density at radius 1 is 0.850 bits per heavy atom. The normalized spacial score (nSPS) is 14.2. The first kappa shape index (κ1) is 14.8. The molecule has 0 unspecified atom stereocenters. The Morgan fingerprint density at radius 2 is 1.40 bits per heavy atom. The van der Waals surface area contributed by atoms with Gasteiger partial charge in [-0.05, 0) is 31.4 Å². The summed E-state index contributed by atoms with van der Waals surface area (Å²) in [7, 11) is 0. The van der Waals surface area contributed by atoms with Crippen LogP contribution in [0.3, 0.4) is 0 Å². The first-order chi connectivity index (χ1) is 9.72. The van der Waals surface area contributed by atoms with Gasteiger partial charge in [0.15, 0.2) is 0 Å². The second-order valence-electron chi connectivity index (χ2n) is 5.50. The van der Waals surface area contributed by atoms with E-state index < -0.39 is 0 Å². The Bertz CT molecular complexity index is 492. The molecule has 0 bridgehead atoms. The number of rotatable bonds is 6. The Morgan fingerprint density at radius 3 is 1.95 bits per heavy atom. The van der Waals surface area contributed by atoms with Gasteiger partial charge in [-0.25, -0.2) is 0 Å². The van der Waals surface area contributed by atoms with Crippen molar-refractivity contribution in [3.05, 3.63) is 71.8 Å². The summed E-state index contributed by atoms with van der Waals surface area (Å²) in [5, 5.41) is 0. The molecular formula is C19H25N. The average Bonchev–Trinajstić information content (AvgIpc) is 2.53.